The van der Waals surface area contributed by atoms with Gasteiger partial charge in [0.05, 0.1) is 21.7 Å². The van der Waals surface area contributed by atoms with Gasteiger partial charge in [-0.15, -0.1) is 0 Å². The number of nitrogens with one attached hydrogen (secondary N) is 1. The predicted molar refractivity (Wildman–Crippen MR) is 78.7 cm³/mol. The number of benzene rings is 2. The van der Waals surface area contributed by atoms with Crippen LogP contribution in [0.3, 0.4) is 0 Å². The van der Waals surface area contributed by atoms with Gasteiger partial charge in [-0.1, -0.05) is 47.5 Å². The molecule has 2 rings (SSSR count). The van der Waals surface area contributed by atoms with Crippen molar-refractivity contribution in [3.63, 3.8) is 0 Å². The molecule has 104 valence electrons. The monoisotopic (exact) mass is 311 g/mol. The Morgan fingerprint density at radius 2 is 1.85 bits per heavy atom. The Morgan fingerprint density at radius 3 is 2.55 bits per heavy atom. The first-order valence-corrected chi connectivity index (χ1v) is 6.75. The van der Waals surface area contributed by atoms with Gasteiger partial charge in [0.2, 0.25) is 0 Å². The van der Waals surface area contributed by atoms with Crippen molar-refractivity contribution in [1.29, 1.82) is 0 Å². The van der Waals surface area contributed by atoms with E-state index in [4.69, 9.17) is 23.2 Å². The van der Waals surface area contributed by atoms with Gasteiger partial charge in [0.15, 0.2) is 0 Å². The first-order valence-electron chi connectivity index (χ1n) is 6.00. The topological polar surface area (TPSA) is 29.1 Å². The van der Waals surface area contributed by atoms with E-state index in [-0.39, 0.29) is 16.4 Å². The van der Waals surface area contributed by atoms with Crippen molar-refractivity contribution in [2.75, 3.05) is 0 Å². The minimum atomic E-state index is -0.473. The molecule has 20 heavy (non-hydrogen) atoms. The highest BCUT2D eigenvalue weighted by Crippen LogP contribution is 2.26. The Morgan fingerprint density at radius 1 is 1.15 bits per heavy atom. The van der Waals surface area contributed by atoms with E-state index in [9.17, 15) is 9.18 Å². The second kappa shape index (κ2) is 6.25. The van der Waals surface area contributed by atoms with E-state index in [1.165, 1.54) is 6.07 Å². The third kappa shape index (κ3) is 3.11. The quantitative estimate of drug-likeness (QED) is 0.880. The summed E-state index contributed by atoms with van der Waals surface area (Å²) >= 11 is 11.8. The van der Waals surface area contributed by atoms with E-state index >= 15 is 0 Å². The average molecular weight is 312 g/mol. The number of amides is 1. The summed E-state index contributed by atoms with van der Waals surface area (Å²) in [5, 5.41) is 3.19. The van der Waals surface area contributed by atoms with Crippen LogP contribution in [0.5, 0.6) is 0 Å². The van der Waals surface area contributed by atoms with Crippen LogP contribution in [0, 0.1) is 5.82 Å². The van der Waals surface area contributed by atoms with Crippen LogP contribution in [0.2, 0.25) is 10.0 Å². The van der Waals surface area contributed by atoms with Gasteiger partial charge in [-0.2, -0.15) is 0 Å². The van der Waals surface area contributed by atoms with Gasteiger partial charge < -0.3 is 5.32 Å². The maximum absolute atomic E-state index is 13.6. The van der Waals surface area contributed by atoms with E-state index in [0.717, 1.165) is 0 Å². The van der Waals surface area contributed by atoms with Crippen LogP contribution in [0.25, 0.3) is 0 Å². The van der Waals surface area contributed by atoms with Crippen molar-refractivity contribution in [1.82, 2.24) is 5.32 Å². The maximum atomic E-state index is 13.6. The Bertz CT molecular complexity index is 646. The number of rotatable bonds is 3. The molecule has 0 saturated heterocycles. The lowest BCUT2D eigenvalue weighted by atomic mass is 10.1. The molecule has 1 amide bonds. The molecule has 0 heterocycles. The van der Waals surface area contributed by atoms with Crippen molar-refractivity contribution in [3.05, 3.63) is 69.5 Å². The maximum Gasteiger partial charge on any atom is 0.253 e. The fourth-order valence-corrected chi connectivity index (χ4v) is 2.24. The Hall–Kier alpha value is -1.58. The van der Waals surface area contributed by atoms with Crippen molar-refractivity contribution < 1.29 is 9.18 Å². The highest BCUT2D eigenvalue weighted by Gasteiger charge is 2.17. The molecule has 0 aliphatic carbocycles. The molecule has 0 aromatic heterocycles. The van der Waals surface area contributed by atoms with Gasteiger partial charge >= 0.3 is 0 Å². The first-order chi connectivity index (χ1) is 9.50. The largest absolute Gasteiger partial charge is 0.345 e. The summed E-state index contributed by atoms with van der Waals surface area (Å²) in [7, 11) is 0. The van der Waals surface area contributed by atoms with Crippen molar-refractivity contribution in [2.24, 2.45) is 0 Å². The SMILES string of the molecule is CC(NC(=O)c1cccc(Cl)c1Cl)c1ccccc1F. The van der Waals surface area contributed by atoms with E-state index < -0.39 is 11.9 Å². The summed E-state index contributed by atoms with van der Waals surface area (Å²) in [5.41, 5.74) is 0.682. The molecular weight excluding hydrogens is 300 g/mol. The molecule has 0 saturated carbocycles. The molecular formula is C15H12Cl2FNO. The van der Waals surface area contributed by atoms with Gasteiger partial charge in [0.1, 0.15) is 5.82 Å². The lowest BCUT2D eigenvalue weighted by Gasteiger charge is -2.15. The molecule has 2 nitrogen and oxygen atoms in total. The number of hydrogen-bond acceptors (Lipinski definition) is 1. The molecule has 5 heteroatoms. The number of halogens is 3. The highest BCUT2D eigenvalue weighted by atomic mass is 35.5. The third-order valence-corrected chi connectivity index (χ3v) is 3.73. The summed E-state index contributed by atoms with van der Waals surface area (Å²) in [6.45, 7) is 1.70. The van der Waals surface area contributed by atoms with Crippen LogP contribution in [-0.4, -0.2) is 5.91 Å². The summed E-state index contributed by atoms with van der Waals surface area (Å²) in [6, 6.07) is 10.6. The summed E-state index contributed by atoms with van der Waals surface area (Å²) in [5.74, 6) is -0.759. The second-order valence-corrected chi connectivity index (χ2v) is 5.10. The standard InChI is InChI=1S/C15H12Cl2FNO/c1-9(10-5-2-3-8-13(10)18)19-15(20)11-6-4-7-12(16)14(11)17/h2-9H,1H3,(H,19,20). The zero-order chi connectivity index (χ0) is 14.7. The average Bonchev–Trinajstić information content (AvgIpc) is 2.42. The number of carbonyl (C=O) groups excluding carboxylic acids is 1. The van der Waals surface area contributed by atoms with Crippen LogP contribution in [0.1, 0.15) is 28.9 Å². The van der Waals surface area contributed by atoms with E-state index in [0.29, 0.717) is 10.6 Å². The van der Waals surface area contributed by atoms with Gasteiger partial charge in [0, 0.05) is 5.56 Å². The third-order valence-electron chi connectivity index (χ3n) is 2.92. The molecule has 2 aromatic rings. The molecule has 1 unspecified atom stereocenters. The van der Waals surface area contributed by atoms with Crippen LogP contribution < -0.4 is 5.32 Å². The molecule has 0 fully saturated rings. The summed E-state index contributed by atoms with van der Waals surface area (Å²) < 4.78 is 13.6. The van der Waals surface area contributed by atoms with E-state index in [1.807, 2.05) is 0 Å². The zero-order valence-corrected chi connectivity index (χ0v) is 12.2. The van der Waals surface area contributed by atoms with Crippen molar-refractivity contribution in [3.8, 4) is 0 Å². The second-order valence-electron chi connectivity index (χ2n) is 4.32. The van der Waals surface area contributed by atoms with Crippen LogP contribution >= 0.6 is 23.2 Å². The highest BCUT2D eigenvalue weighted by molar-refractivity contribution is 6.43. The minimum Gasteiger partial charge on any atom is -0.345 e. The molecule has 0 aliphatic rings. The van der Waals surface area contributed by atoms with Crippen LogP contribution in [0.15, 0.2) is 42.5 Å². The van der Waals surface area contributed by atoms with Gasteiger partial charge in [-0.25, -0.2) is 4.39 Å². The molecule has 1 atom stereocenters. The normalized spacial score (nSPS) is 12.0. The molecule has 2 aromatic carbocycles. The molecule has 0 bridgehead atoms. The first kappa shape index (κ1) is 14.8. The smallest absolute Gasteiger partial charge is 0.253 e. The zero-order valence-electron chi connectivity index (χ0n) is 10.7. The minimum absolute atomic E-state index is 0.187. The number of hydrogen-bond donors (Lipinski definition) is 1. The van der Waals surface area contributed by atoms with Gasteiger partial charge in [0.25, 0.3) is 5.91 Å². The Kier molecular flexibility index (Phi) is 4.63. The predicted octanol–water partition coefficient (Wildman–Crippen LogP) is 4.62. The fourth-order valence-electron chi connectivity index (χ4n) is 1.86. The van der Waals surface area contributed by atoms with E-state index in [1.54, 1.807) is 43.3 Å². The van der Waals surface area contributed by atoms with E-state index in [2.05, 4.69) is 5.32 Å². The Balaban J connectivity index is 2.20. The van der Waals surface area contributed by atoms with Crippen LogP contribution in [0.4, 0.5) is 4.39 Å². The lowest BCUT2D eigenvalue weighted by Crippen LogP contribution is -2.27. The van der Waals surface area contributed by atoms with Gasteiger partial charge in [-0.3, -0.25) is 4.79 Å². The summed E-state index contributed by atoms with van der Waals surface area (Å²) in [4.78, 5) is 12.1. The van der Waals surface area contributed by atoms with Crippen molar-refractivity contribution in [2.45, 2.75) is 13.0 Å². The Labute approximate surface area is 126 Å². The molecule has 0 radical (unpaired) electrons. The van der Waals surface area contributed by atoms with Crippen LogP contribution in [-0.2, 0) is 0 Å². The summed E-state index contributed by atoms with van der Waals surface area (Å²) in [6.07, 6.45) is 0. The molecule has 1 N–H and O–H groups in total. The lowest BCUT2D eigenvalue weighted by molar-refractivity contribution is 0.0939. The van der Waals surface area contributed by atoms with Crippen molar-refractivity contribution >= 4 is 29.1 Å². The van der Waals surface area contributed by atoms with Gasteiger partial charge in [-0.05, 0) is 25.1 Å². The molecule has 0 spiro atoms. The number of carbonyl (C=O) groups is 1. The fraction of sp³-hybridized carbons (Fsp3) is 0.133. The molecule has 0 aliphatic heterocycles.